The molecule has 1 atom stereocenters. The number of carbonyl (C=O) groups excluding carboxylic acids is 1. The summed E-state index contributed by atoms with van der Waals surface area (Å²) in [5.41, 5.74) is 4.08. The van der Waals surface area contributed by atoms with E-state index in [4.69, 9.17) is 13.9 Å². The number of carbonyl (C=O) groups is 1. The van der Waals surface area contributed by atoms with Crippen molar-refractivity contribution >= 4 is 39.7 Å². The van der Waals surface area contributed by atoms with Crippen LogP contribution in [0.2, 0.25) is 0 Å². The third-order valence-corrected chi connectivity index (χ3v) is 6.36. The van der Waals surface area contributed by atoms with Crippen LogP contribution in [0, 0.1) is 0 Å². The van der Waals surface area contributed by atoms with Crippen LogP contribution in [0.3, 0.4) is 0 Å². The van der Waals surface area contributed by atoms with Crippen LogP contribution >= 0.6 is 0 Å². The molecule has 5 heterocycles. The highest BCUT2D eigenvalue weighted by Gasteiger charge is 2.19. The number of fused-ring (bicyclic) bond motifs is 2. The van der Waals surface area contributed by atoms with Crippen LogP contribution in [0.15, 0.2) is 53.8 Å². The Morgan fingerprint density at radius 1 is 1.29 bits per heavy atom. The van der Waals surface area contributed by atoms with Gasteiger partial charge in [-0.15, -0.1) is 0 Å². The fourth-order valence-electron chi connectivity index (χ4n) is 4.57. The molecule has 38 heavy (non-hydrogen) atoms. The van der Waals surface area contributed by atoms with E-state index in [1.807, 2.05) is 29.8 Å². The van der Waals surface area contributed by atoms with Gasteiger partial charge in [0.15, 0.2) is 5.82 Å². The monoisotopic (exact) mass is 517 g/mol. The molecule has 6 rings (SSSR count). The molecule has 0 saturated carbocycles. The minimum atomic E-state index is -0.530. The van der Waals surface area contributed by atoms with Crippen molar-refractivity contribution in [3.05, 3.63) is 60.8 Å². The highest BCUT2D eigenvalue weighted by Crippen LogP contribution is 2.30. The summed E-state index contributed by atoms with van der Waals surface area (Å²) in [5.74, 6) is 1.21. The van der Waals surface area contributed by atoms with Gasteiger partial charge in [0.05, 0.1) is 49.1 Å². The number of rotatable bonds is 8. The van der Waals surface area contributed by atoms with Gasteiger partial charge in [-0.2, -0.15) is 10.2 Å². The van der Waals surface area contributed by atoms with Gasteiger partial charge >= 0.3 is 6.09 Å². The molecule has 0 radical (unpaired) electrons. The third kappa shape index (κ3) is 4.88. The van der Waals surface area contributed by atoms with Gasteiger partial charge in [-0.25, -0.2) is 19.3 Å². The quantitative estimate of drug-likeness (QED) is 0.281. The average molecular weight is 518 g/mol. The first-order chi connectivity index (χ1) is 18.7. The maximum Gasteiger partial charge on any atom is 0.411 e. The molecule has 1 aliphatic heterocycles. The van der Waals surface area contributed by atoms with Crippen LogP contribution in [0.25, 0.3) is 16.4 Å². The predicted octanol–water partition coefficient (Wildman–Crippen LogP) is 2.96. The number of hydrogen-bond donors (Lipinski definition) is 3. The van der Waals surface area contributed by atoms with E-state index in [0.29, 0.717) is 43.6 Å². The number of nitrogens with one attached hydrogen (secondary N) is 3. The van der Waals surface area contributed by atoms with Gasteiger partial charge in [0.2, 0.25) is 5.89 Å². The molecule has 4 aromatic heterocycles. The van der Waals surface area contributed by atoms with E-state index in [2.05, 4.69) is 36.1 Å². The molecular weight excluding hydrogens is 490 g/mol. The number of anilines is 3. The first-order valence-electron chi connectivity index (χ1n) is 12.4. The molecule has 13 heteroatoms. The number of ether oxygens (including phenoxy) is 2. The Bertz CT molecular complexity index is 1550. The first-order valence-corrected chi connectivity index (χ1v) is 12.4. The SMILES string of the molecule is CCc1c(NC(=O)OC[C@@H]2COCCN2)cn2ncnc(Nc3ccc4c(cnn4Cc4ncco4)c3)c12. The number of morpholine rings is 1. The van der Waals surface area contributed by atoms with E-state index in [0.717, 1.165) is 34.2 Å². The summed E-state index contributed by atoms with van der Waals surface area (Å²) < 4.78 is 19.7. The van der Waals surface area contributed by atoms with Gasteiger partial charge in [-0.05, 0) is 24.6 Å². The smallest absolute Gasteiger partial charge is 0.411 e. The predicted molar refractivity (Wildman–Crippen MR) is 139 cm³/mol. The standard InChI is InChI=1S/C25H27N9O4/c1-2-19-20(32-25(35)38-14-18-13-36-7-5-26-18)11-34-23(19)24(28-15-30-34)31-17-3-4-21-16(9-17)10-29-33(21)12-22-27-6-8-37-22/h3-4,6,8-11,15,18,26H,2,5,7,12-14H2,1H3,(H,32,35)(H,28,30,31)/t18-/m0/s1. The Balaban J connectivity index is 1.21. The lowest BCUT2D eigenvalue weighted by atomic mass is 10.2. The molecule has 0 aliphatic carbocycles. The highest BCUT2D eigenvalue weighted by atomic mass is 16.6. The second-order valence-electron chi connectivity index (χ2n) is 8.85. The van der Waals surface area contributed by atoms with Crippen LogP contribution in [-0.2, 0) is 22.4 Å². The van der Waals surface area contributed by atoms with E-state index in [1.54, 1.807) is 29.4 Å². The fraction of sp³-hybridized carbons (Fsp3) is 0.320. The van der Waals surface area contributed by atoms with Gasteiger partial charge < -0.3 is 24.5 Å². The van der Waals surface area contributed by atoms with Gasteiger partial charge in [-0.3, -0.25) is 10.00 Å². The Labute approximate surface area is 217 Å². The van der Waals surface area contributed by atoms with Crippen molar-refractivity contribution in [1.29, 1.82) is 0 Å². The lowest BCUT2D eigenvalue weighted by Crippen LogP contribution is -2.44. The molecule has 1 aliphatic rings. The molecule has 0 unspecified atom stereocenters. The molecule has 0 bridgehead atoms. The van der Waals surface area contributed by atoms with E-state index in [1.165, 1.54) is 6.33 Å². The first kappa shape index (κ1) is 23.9. The number of oxazole rings is 1. The Morgan fingerprint density at radius 3 is 3.05 bits per heavy atom. The van der Waals surface area contributed by atoms with Crippen molar-refractivity contribution in [3.63, 3.8) is 0 Å². The summed E-state index contributed by atoms with van der Waals surface area (Å²) in [6.45, 7) is 4.61. The van der Waals surface area contributed by atoms with Gasteiger partial charge in [0.1, 0.15) is 31.3 Å². The number of aryl methyl sites for hydroxylation is 1. The maximum atomic E-state index is 12.5. The highest BCUT2D eigenvalue weighted by molar-refractivity contribution is 5.91. The molecule has 1 fully saturated rings. The van der Waals surface area contributed by atoms with E-state index >= 15 is 0 Å². The normalized spacial score (nSPS) is 15.7. The van der Waals surface area contributed by atoms with E-state index < -0.39 is 6.09 Å². The Morgan fingerprint density at radius 2 is 2.24 bits per heavy atom. The summed E-state index contributed by atoms with van der Waals surface area (Å²) in [6, 6.07) is 5.94. The van der Waals surface area contributed by atoms with Crippen LogP contribution in [0.5, 0.6) is 0 Å². The topological polar surface area (TPSA) is 146 Å². The lowest BCUT2D eigenvalue weighted by molar-refractivity contribution is 0.0494. The summed E-state index contributed by atoms with van der Waals surface area (Å²) >= 11 is 0. The minimum Gasteiger partial charge on any atom is -0.448 e. The number of aromatic nitrogens is 6. The maximum absolute atomic E-state index is 12.5. The van der Waals surface area contributed by atoms with Crippen molar-refractivity contribution < 1.29 is 18.7 Å². The second kappa shape index (κ2) is 10.5. The van der Waals surface area contributed by atoms with Gasteiger partial charge in [0.25, 0.3) is 0 Å². The Kier molecular flexibility index (Phi) is 6.58. The molecule has 1 aromatic carbocycles. The van der Waals surface area contributed by atoms with Crippen molar-refractivity contribution in [3.8, 4) is 0 Å². The molecule has 0 spiro atoms. The summed E-state index contributed by atoms with van der Waals surface area (Å²) in [5, 5.41) is 19.3. The number of hydrogen-bond acceptors (Lipinski definition) is 10. The van der Waals surface area contributed by atoms with Crippen molar-refractivity contribution in [1.82, 2.24) is 34.7 Å². The third-order valence-electron chi connectivity index (χ3n) is 6.36. The van der Waals surface area contributed by atoms with Crippen LogP contribution in [0.4, 0.5) is 22.0 Å². The van der Waals surface area contributed by atoms with E-state index in [9.17, 15) is 4.79 Å². The molecule has 1 amide bonds. The fourth-order valence-corrected chi connectivity index (χ4v) is 4.57. The number of amides is 1. The number of benzene rings is 1. The molecule has 5 aromatic rings. The van der Waals surface area contributed by atoms with E-state index in [-0.39, 0.29) is 12.6 Å². The number of nitrogens with zero attached hydrogens (tertiary/aromatic N) is 6. The zero-order valence-corrected chi connectivity index (χ0v) is 20.8. The van der Waals surface area contributed by atoms with Crippen molar-refractivity contribution in [2.45, 2.75) is 25.9 Å². The average Bonchev–Trinajstić information content (AvgIpc) is 3.68. The zero-order chi connectivity index (χ0) is 25.9. The molecule has 3 N–H and O–H groups in total. The molecule has 13 nitrogen and oxygen atoms in total. The zero-order valence-electron chi connectivity index (χ0n) is 20.8. The van der Waals surface area contributed by atoms with Gasteiger partial charge in [0, 0.05) is 23.2 Å². The van der Waals surface area contributed by atoms with Crippen molar-refractivity contribution in [2.75, 3.05) is 37.0 Å². The molecule has 1 saturated heterocycles. The Hall–Kier alpha value is -4.49. The molecule has 196 valence electrons. The van der Waals surface area contributed by atoms with Crippen LogP contribution in [-0.4, -0.2) is 67.9 Å². The minimum absolute atomic E-state index is 0.0128. The summed E-state index contributed by atoms with van der Waals surface area (Å²) in [6.07, 6.45) is 8.32. The largest absolute Gasteiger partial charge is 0.448 e. The van der Waals surface area contributed by atoms with Crippen molar-refractivity contribution in [2.24, 2.45) is 0 Å². The van der Waals surface area contributed by atoms with Crippen LogP contribution in [0.1, 0.15) is 18.4 Å². The van der Waals surface area contributed by atoms with Gasteiger partial charge in [-0.1, -0.05) is 6.92 Å². The summed E-state index contributed by atoms with van der Waals surface area (Å²) in [4.78, 5) is 21.2. The second-order valence-corrected chi connectivity index (χ2v) is 8.85. The molecular formula is C25H27N9O4. The lowest BCUT2D eigenvalue weighted by Gasteiger charge is -2.23. The summed E-state index contributed by atoms with van der Waals surface area (Å²) in [7, 11) is 0. The van der Waals surface area contributed by atoms with Crippen LogP contribution < -0.4 is 16.0 Å².